The molecule has 1 fully saturated rings. The van der Waals surface area contributed by atoms with Gasteiger partial charge >= 0.3 is 6.03 Å². The van der Waals surface area contributed by atoms with Crippen LogP contribution in [0.5, 0.6) is 11.5 Å². The van der Waals surface area contributed by atoms with Crippen LogP contribution in [-0.2, 0) is 4.79 Å². The van der Waals surface area contributed by atoms with Crippen molar-refractivity contribution in [3.05, 3.63) is 23.8 Å². The SMILES string of the molecule is COc1ccc(C2=NC(C)C(C)N2C(=O)N2CCNC(=O)C2)c(OC(C)C)c1. The van der Waals surface area contributed by atoms with Gasteiger partial charge in [0.05, 0.1) is 30.9 Å². The van der Waals surface area contributed by atoms with E-state index in [0.29, 0.717) is 30.4 Å². The molecule has 0 aromatic heterocycles. The molecule has 2 aliphatic rings. The molecule has 0 saturated carbocycles. The van der Waals surface area contributed by atoms with Crippen LogP contribution >= 0.6 is 0 Å². The molecule has 152 valence electrons. The number of hydrogen-bond donors (Lipinski definition) is 1. The number of nitrogens with one attached hydrogen (secondary N) is 1. The Morgan fingerprint density at radius 2 is 2.07 bits per heavy atom. The van der Waals surface area contributed by atoms with Gasteiger partial charge in [0.15, 0.2) is 0 Å². The highest BCUT2D eigenvalue weighted by Crippen LogP contribution is 2.32. The molecule has 3 amide bonds. The highest BCUT2D eigenvalue weighted by Gasteiger charge is 2.39. The molecule has 1 N–H and O–H groups in total. The van der Waals surface area contributed by atoms with Gasteiger partial charge in [-0.25, -0.2) is 4.79 Å². The molecule has 2 heterocycles. The number of benzene rings is 1. The molecule has 0 aliphatic carbocycles. The van der Waals surface area contributed by atoms with Crippen molar-refractivity contribution in [3.8, 4) is 11.5 Å². The van der Waals surface area contributed by atoms with Crippen molar-refractivity contribution < 1.29 is 19.1 Å². The Morgan fingerprint density at radius 3 is 2.71 bits per heavy atom. The lowest BCUT2D eigenvalue weighted by Crippen LogP contribution is -2.56. The minimum Gasteiger partial charge on any atom is -0.497 e. The Labute approximate surface area is 165 Å². The molecule has 8 heteroatoms. The van der Waals surface area contributed by atoms with Gasteiger partial charge in [0.2, 0.25) is 5.91 Å². The smallest absolute Gasteiger partial charge is 0.326 e. The quantitative estimate of drug-likeness (QED) is 0.854. The number of carbonyl (C=O) groups is 2. The number of carbonyl (C=O) groups excluding carboxylic acids is 2. The zero-order valence-electron chi connectivity index (χ0n) is 17.1. The summed E-state index contributed by atoms with van der Waals surface area (Å²) in [7, 11) is 1.60. The summed E-state index contributed by atoms with van der Waals surface area (Å²) in [5, 5.41) is 2.75. The molecule has 2 atom stereocenters. The summed E-state index contributed by atoms with van der Waals surface area (Å²) in [5.41, 5.74) is 0.737. The van der Waals surface area contributed by atoms with Crippen molar-refractivity contribution in [1.29, 1.82) is 0 Å². The van der Waals surface area contributed by atoms with Gasteiger partial charge in [-0.1, -0.05) is 0 Å². The van der Waals surface area contributed by atoms with E-state index in [4.69, 9.17) is 14.5 Å². The van der Waals surface area contributed by atoms with Crippen molar-refractivity contribution in [2.45, 2.75) is 45.9 Å². The van der Waals surface area contributed by atoms with Crippen LogP contribution in [0.4, 0.5) is 4.79 Å². The number of hydrogen-bond acceptors (Lipinski definition) is 5. The zero-order valence-corrected chi connectivity index (χ0v) is 17.1. The molecule has 0 spiro atoms. The highest BCUT2D eigenvalue weighted by molar-refractivity contribution is 6.11. The molecule has 0 radical (unpaired) electrons. The number of amides is 3. The summed E-state index contributed by atoms with van der Waals surface area (Å²) >= 11 is 0. The molecule has 0 bridgehead atoms. The average Bonchev–Trinajstić information content (AvgIpc) is 2.95. The van der Waals surface area contributed by atoms with Gasteiger partial charge in [0.1, 0.15) is 23.9 Å². The van der Waals surface area contributed by atoms with E-state index < -0.39 is 0 Å². The molecular weight excluding hydrogens is 360 g/mol. The third kappa shape index (κ3) is 3.90. The maximum Gasteiger partial charge on any atom is 0.326 e. The summed E-state index contributed by atoms with van der Waals surface area (Å²) < 4.78 is 11.3. The molecule has 3 rings (SSSR count). The molecule has 28 heavy (non-hydrogen) atoms. The van der Waals surface area contributed by atoms with E-state index in [1.54, 1.807) is 16.9 Å². The van der Waals surface area contributed by atoms with Gasteiger partial charge in [-0.15, -0.1) is 0 Å². The number of piperazine rings is 1. The second kappa shape index (κ2) is 8.08. The van der Waals surface area contributed by atoms with Crippen molar-refractivity contribution in [3.63, 3.8) is 0 Å². The molecular formula is C20H28N4O4. The van der Waals surface area contributed by atoms with Crippen LogP contribution in [0, 0.1) is 0 Å². The van der Waals surface area contributed by atoms with Crippen LogP contribution < -0.4 is 14.8 Å². The molecule has 1 aromatic rings. The normalized spacial score (nSPS) is 22.2. The van der Waals surface area contributed by atoms with Crippen molar-refractivity contribution in [2.75, 3.05) is 26.7 Å². The lowest BCUT2D eigenvalue weighted by atomic mass is 10.1. The maximum atomic E-state index is 13.3. The largest absolute Gasteiger partial charge is 0.497 e. The van der Waals surface area contributed by atoms with E-state index in [-0.39, 0.29) is 36.7 Å². The number of urea groups is 1. The molecule has 2 aliphatic heterocycles. The minimum atomic E-state index is -0.211. The Morgan fingerprint density at radius 1 is 1.32 bits per heavy atom. The fourth-order valence-electron chi connectivity index (χ4n) is 3.36. The fourth-order valence-corrected chi connectivity index (χ4v) is 3.36. The topological polar surface area (TPSA) is 83.5 Å². The van der Waals surface area contributed by atoms with E-state index in [1.165, 1.54) is 0 Å². The summed E-state index contributed by atoms with van der Waals surface area (Å²) in [6, 6.07) is 5.10. The summed E-state index contributed by atoms with van der Waals surface area (Å²) in [6.07, 6.45) is -0.0438. The number of methoxy groups -OCH3 is 1. The van der Waals surface area contributed by atoms with E-state index in [0.717, 1.165) is 5.56 Å². The van der Waals surface area contributed by atoms with Crippen molar-refractivity contribution in [1.82, 2.24) is 15.1 Å². The van der Waals surface area contributed by atoms with Gasteiger partial charge in [-0.05, 0) is 39.8 Å². The lowest BCUT2D eigenvalue weighted by molar-refractivity contribution is -0.123. The molecule has 1 saturated heterocycles. The average molecular weight is 388 g/mol. The van der Waals surface area contributed by atoms with Gasteiger partial charge in [0.25, 0.3) is 0 Å². The number of amidine groups is 1. The van der Waals surface area contributed by atoms with Gasteiger partial charge in [-0.3, -0.25) is 14.7 Å². The van der Waals surface area contributed by atoms with Gasteiger partial charge in [0, 0.05) is 19.2 Å². The second-order valence-electron chi connectivity index (χ2n) is 7.39. The Bertz CT molecular complexity index is 792. The number of rotatable bonds is 4. The van der Waals surface area contributed by atoms with E-state index in [9.17, 15) is 9.59 Å². The Balaban J connectivity index is 1.98. The van der Waals surface area contributed by atoms with Crippen molar-refractivity contribution in [2.24, 2.45) is 4.99 Å². The third-order valence-corrected chi connectivity index (χ3v) is 4.97. The van der Waals surface area contributed by atoms with Crippen LogP contribution in [0.25, 0.3) is 0 Å². The second-order valence-corrected chi connectivity index (χ2v) is 7.39. The first-order chi connectivity index (χ1) is 13.3. The summed E-state index contributed by atoms with van der Waals surface area (Å²) in [5.74, 6) is 1.70. The van der Waals surface area contributed by atoms with Gasteiger partial charge in [-0.2, -0.15) is 0 Å². The molecule has 1 aromatic carbocycles. The third-order valence-electron chi connectivity index (χ3n) is 4.97. The fraction of sp³-hybridized carbons (Fsp3) is 0.550. The van der Waals surface area contributed by atoms with Crippen LogP contribution in [0.1, 0.15) is 33.3 Å². The van der Waals surface area contributed by atoms with Crippen LogP contribution in [0.3, 0.4) is 0 Å². The number of aliphatic imine (C=N–C) groups is 1. The Kier molecular flexibility index (Phi) is 5.76. The van der Waals surface area contributed by atoms with E-state index >= 15 is 0 Å². The summed E-state index contributed by atoms with van der Waals surface area (Å²) in [4.78, 5) is 33.0. The minimum absolute atomic E-state index is 0.0438. The predicted molar refractivity (Wildman–Crippen MR) is 106 cm³/mol. The van der Waals surface area contributed by atoms with Crippen LogP contribution in [0.15, 0.2) is 23.2 Å². The first-order valence-corrected chi connectivity index (χ1v) is 9.59. The van der Waals surface area contributed by atoms with E-state index in [1.807, 2.05) is 45.9 Å². The molecule has 8 nitrogen and oxygen atoms in total. The van der Waals surface area contributed by atoms with Gasteiger partial charge < -0.3 is 19.7 Å². The van der Waals surface area contributed by atoms with Crippen molar-refractivity contribution >= 4 is 17.8 Å². The predicted octanol–water partition coefficient (Wildman–Crippen LogP) is 1.87. The lowest BCUT2D eigenvalue weighted by Gasteiger charge is -2.34. The van der Waals surface area contributed by atoms with E-state index in [2.05, 4.69) is 5.32 Å². The summed E-state index contributed by atoms with van der Waals surface area (Å²) in [6.45, 7) is 8.83. The van der Waals surface area contributed by atoms with Crippen LogP contribution in [-0.4, -0.2) is 72.5 Å². The first kappa shape index (κ1) is 20.0. The monoisotopic (exact) mass is 388 g/mol. The van der Waals surface area contributed by atoms with Crippen LogP contribution in [0.2, 0.25) is 0 Å². The number of ether oxygens (including phenoxy) is 2. The standard InChI is InChI=1S/C20H28N4O4/c1-12(2)28-17-10-15(27-5)6-7-16(17)19-22-13(3)14(4)24(19)20(26)23-9-8-21-18(25)11-23/h6-7,10,12-14H,8-9,11H2,1-5H3,(H,21,25). The maximum absolute atomic E-state index is 13.3. The number of nitrogens with zero attached hydrogens (tertiary/aromatic N) is 3. The molecule has 2 unspecified atom stereocenters. The highest BCUT2D eigenvalue weighted by atomic mass is 16.5. The zero-order chi connectivity index (χ0) is 20.4. The Hall–Kier alpha value is -2.77. The first-order valence-electron chi connectivity index (χ1n) is 9.59.